The van der Waals surface area contributed by atoms with Gasteiger partial charge in [-0.25, -0.2) is 0 Å². The fourth-order valence-electron chi connectivity index (χ4n) is 11.0. The molecule has 7 unspecified atom stereocenters. The van der Waals surface area contributed by atoms with E-state index in [0.717, 1.165) is 51.4 Å². The zero-order chi connectivity index (χ0) is 58.7. The summed E-state index contributed by atoms with van der Waals surface area (Å²) in [6, 6.07) is -0.825. The Morgan fingerprint density at radius 1 is 0.444 bits per heavy atom. The minimum atomic E-state index is -1.57. The van der Waals surface area contributed by atoms with E-state index in [1.807, 2.05) is 6.08 Å². The van der Waals surface area contributed by atoms with Crippen LogP contribution in [-0.4, -0.2) is 100 Å². The summed E-state index contributed by atoms with van der Waals surface area (Å²) in [5.74, 6) is -0.181. The SMILES string of the molecule is CCCCC/C=C/CC/C=C/C(O)C(COC1OC(CO)C(O)C(O)C1O)NC(=O)CCCCCCCCCCCCCCCC/C=C\CCCCCCCCCCCCCCOC(=O)CCCCCCCCCCCCCCCC. The third kappa shape index (κ3) is 48.8. The second kappa shape index (κ2) is 59.6. The molecule has 0 spiro atoms. The summed E-state index contributed by atoms with van der Waals surface area (Å²) in [5.41, 5.74) is 0. The Hall–Kier alpha value is -2.12. The van der Waals surface area contributed by atoms with Crippen LogP contribution in [0.1, 0.15) is 335 Å². The van der Waals surface area contributed by atoms with Gasteiger partial charge in [0.25, 0.3) is 0 Å². The highest BCUT2D eigenvalue weighted by molar-refractivity contribution is 5.76. The molecule has 1 heterocycles. The topological polar surface area (TPSA) is 175 Å². The number of aliphatic hydroxyl groups is 5. The Kier molecular flexibility index (Phi) is 56.6. The summed E-state index contributed by atoms with van der Waals surface area (Å²) >= 11 is 0. The van der Waals surface area contributed by atoms with Gasteiger partial charge in [-0.2, -0.15) is 0 Å². The number of nitrogens with one attached hydrogen (secondary N) is 1. The number of hydrogen-bond donors (Lipinski definition) is 6. The molecular weight excluding hydrogens is 1010 g/mol. The number of allylic oxidation sites excluding steroid dienone is 5. The van der Waals surface area contributed by atoms with Gasteiger partial charge in [0.2, 0.25) is 5.91 Å². The van der Waals surface area contributed by atoms with E-state index in [1.54, 1.807) is 6.08 Å². The molecule has 11 heteroatoms. The van der Waals surface area contributed by atoms with Gasteiger partial charge in [0.05, 0.1) is 32.0 Å². The molecule has 1 aliphatic rings. The van der Waals surface area contributed by atoms with Crippen LogP contribution in [0.15, 0.2) is 36.5 Å². The lowest BCUT2D eigenvalue weighted by Gasteiger charge is -2.40. The monoisotopic (exact) mass is 1150 g/mol. The molecule has 0 aromatic heterocycles. The predicted octanol–water partition coefficient (Wildman–Crippen LogP) is 17.4. The molecule has 1 fully saturated rings. The van der Waals surface area contributed by atoms with Crippen LogP contribution in [0.2, 0.25) is 0 Å². The van der Waals surface area contributed by atoms with Crippen LogP contribution in [0.4, 0.5) is 0 Å². The van der Waals surface area contributed by atoms with Crippen LogP contribution in [0.5, 0.6) is 0 Å². The van der Waals surface area contributed by atoms with Crippen LogP contribution in [-0.2, 0) is 23.8 Å². The number of rotatable bonds is 61. The van der Waals surface area contributed by atoms with E-state index in [0.29, 0.717) is 19.4 Å². The zero-order valence-corrected chi connectivity index (χ0v) is 52.8. The van der Waals surface area contributed by atoms with Gasteiger partial charge in [-0.1, -0.05) is 288 Å². The van der Waals surface area contributed by atoms with Gasteiger partial charge < -0.3 is 45.1 Å². The maximum Gasteiger partial charge on any atom is 0.305 e. The molecule has 1 aliphatic heterocycles. The molecule has 0 radical (unpaired) electrons. The lowest BCUT2D eigenvalue weighted by molar-refractivity contribution is -0.302. The number of unbranched alkanes of at least 4 members (excludes halogenated alkanes) is 43. The Morgan fingerprint density at radius 3 is 1.25 bits per heavy atom. The molecule has 6 N–H and O–H groups in total. The molecule has 1 rings (SSSR count). The first-order valence-electron chi connectivity index (χ1n) is 34.8. The number of aliphatic hydroxyl groups excluding tert-OH is 5. The predicted molar refractivity (Wildman–Crippen MR) is 338 cm³/mol. The molecule has 1 amide bonds. The number of amides is 1. The van der Waals surface area contributed by atoms with Crippen molar-refractivity contribution in [2.24, 2.45) is 0 Å². The first kappa shape index (κ1) is 76.9. The quantitative estimate of drug-likeness (QED) is 0.0195. The molecule has 81 heavy (non-hydrogen) atoms. The van der Waals surface area contributed by atoms with E-state index < -0.39 is 49.5 Å². The minimum Gasteiger partial charge on any atom is -0.466 e. The standard InChI is InChI=1S/C70H131NO10/c1-3-5-7-9-11-13-14-15-35-38-42-46-50-54-58-66(75)79-59-55-51-47-43-39-36-33-31-29-27-25-23-21-19-17-16-18-20-22-24-26-28-30-32-34-37-41-45-49-53-57-65(74)71-62(63(73)56-52-48-44-40-12-10-8-6-4-2)61-80-70-69(78)68(77)67(76)64(60-72)81-70/h12,17,19,40,52,56,62-64,67-70,72-73,76-78H,3-11,13-16,18,20-39,41-51,53-55,57-61H2,1-2H3,(H,71,74)/b19-17-,40-12+,56-52+. The van der Waals surface area contributed by atoms with Gasteiger partial charge in [0.15, 0.2) is 6.29 Å². The smallest absolute Gasteiger partial charge is 0.305 e. The molecule has 0 saturated carbocycles. The van der Waals surface area contributed by atoms with Gasteiger partial charge in [-0.15, -0.1) is 0 Å². The van der Waals surface area contributed by atoms with E-state index >= 15 is 0 Å². The summed E-state index contributed by atoms with van der Waals surface area (Å²) in [5, 5.41) is 54.2. The third-order valence-electron chi connectivity index (χ3n) is 16.5. The van der Waals surface area contributed by atoms with Gasteiger partial charge in [-0.3, -0.25) is 9.59 Å². The normalized spacial score (nSPS) is 18.4. The fraction of sp³-hybridized carbons (Fsp3) is 0.886. The maximum atomic E-state index is 13.0. The summed E-state index contributed by atoms with van der Waals surface area (Å²) in [7, 11) is 0. The van der Waals surface area contributed by atoms with Gasteiger partial charge in [0.1, 0.15) is 24.4 Å². The van der Waals surface area contributed by atoms with Crippen LogP contribution in [0.25, 0.3) is 0 Å². The first-order chi connectivity index (χ1) is 39.7. The molecular formula is C70H131NO10. The number of hydrogen-bond acceptors (Lipinski definition) is 10. The van der Waals surface area contributed by atoms with Crippen molar-refractivity contribution in [3.05, 3.63) is 36.5 Å². The summed E-state index contributed by atoms with van der Waals surface area (Å²) in [4.78, 5) is 25.1. The van der Waals surface area contributed by atoms with Crippen molar-refractivity contribution in [1.29, 1.82) is 0 Å². The zero-order valence-electron chi connectivity index (χ0n) is 52.8. The number of carbonyl (C=O) groups excluding carboxylic acids is 2. The highest BCUT2D eigenvalue weighted by Crippen LogP contribution is 2.23. The second-order valence-corrected chi connectivity index (χ2v) is 24.2. The van der Waals surface area contributed by atoms with Gasteiger partial charge in [0, 0.05) is 12.8 Å². The van der Waals surface area contributed by atoms with Crippen molar-refractivity contribution < 1.29 is 49.3 Å². The highest BCUT2D eigenvalue weighted by Gasteiger charge is 2.44. The van der Waals surface area contributed by atoms with Crippen LogP contribution >= 0.6 is 0 Å². The Balaban J connectivity index is 1.92. The average Bonchev–Trinajstić information content (AvgIpc) is 3.50. The molecule has 0 bridgehead atoms. The molecule has 11 nitrogen and oxygen atoms in total. The van der Waals surface area contributed by atoms with Gasteiger partial charge in [-0.05, 0) is 70.6 Å². The third-order valence-corrected chi connectivity index (χ3v) is 16.5. The maximum absolute atomic E-state index is 13.0. The van der Waals surface area contributed by atoms with E-state index in [2.05, 4.69) is 43.5 Å². The van der Waals surface area contributed by atoms with Gasteiger partial charge >= 0.3 is 5.97 Å². The van der Waals surface area contributed by atoms with Crippen molar-refractivity contribution in [2.45, 2.75) is 378 Å². The Labute approximate surface area is 498 Å². The molecule has 0 aromatic carbocycles. The molecule has 476 valence electrons. The first-order valence-corrected chi connectivity index (χ1v) is 34.8. The summed E-state index contributed by atoms with van der Waals surface area (Å²) in [6.07, 6.45) is 65.9. The highest BCUT2D eigenvalue weighted by atomic mass is 16.7. The van der Waals surface area contributed by atoms with Crippen molar-refractivity contribution in [1.82, 2.24) is 5.32 Å². The Morgan fingerprint density at radius 2 is 0.802 bits per heavy atom. The number of esters is 1. The van der Waals surface area contributed by atoms with Crippen LogP contribution < -0.4 is 5.32 Å². The average molecular weight is 1150 g/mol. The van der Waals surface area contributed by atoms with E-state index in [1.165, 1.54) is 257 Å². The fourth-order valence-corrected chi connectivity index (χ4v) is 11.0. The molecule has 0 aromatic rings. The number of ether oxygens (including phenoxy) is 3. The van der Waals surface area contributed by atoms with Crippen LogP contribution in [0, 0.1) is 0 Å². The van der Waals surface area contributed by atoms with Crippen molar-refractivity contribution in [3.63, 3.8) is 0 Å². The second-order valence-electron chi connectivity index (χ2n) is 24.2. The molecule has 7 atom stereocenters. The molecule has 1 saturated heterocycles. The minimum absolute atomic E-state index is 0.0110. The van der Waals surface area contributed by atoms with Crippen molar-refractivity contribution in [3.8, 4) is 0 Å². The van der Waals surface area contributed by atoms with E-state index in [-0.39, 0.29) is 18.5 Å². The summed E-state index contributed by atoms with van der Waals surface area (Å²) < 4.78 is 16.7. The summed E-state index contributed by atoms with van der Waals surface area (Å²) in [6.45, 7) is 4.31. The van der Waals surface area contributed by atoms with E-state index in [9.17, 15) is 35.1 Å². The van der Waals surface area contributed by atoms with E-state index in [4.69, 9.17) is 14.2 Å². The Bertz CT molecular complexity index is 1440. The lowest BCUT2D eigenvalue weighted by atomic mass is 9.99. The number of carbonyl (C=O) groups is 2. The lowest BCUT2D eigenvalue weighted by Crippen LogP contribution is -2.60. The largest absolute Gasteiger partial charge is 0.466 e. The van der Waals surface area contributed by atoms with Crippen molar-refractivity contribution >= 4 is 11.9 Å². The van der Waals surface area contributed by atoms with Crippen LogP contribution in [0.3, 0.4) is 0 Å². The molecule has 0 aliphatic carbocycles. The van der Waals surface area contributed by atoms with Crippen molar-refractivity contribution in [2.75, 3.05) is 19.8 Å².